The van der Waals surface area contributed by atoms with Crippen LogP contribution >= 0.6 is 23.2 Å². The maximum atomic E-state index is 12.2. The van der Waals surface area contributed by atoms with Crippen LogP contribution < -0.4 is 5.32 Å². The van der Waals surface area contributed by atoms with Crippen LogP contribution in [0.2, 0.25) is 10.0 Å². The Labute approximate surface area is 148 Å². The van der Waals surface area contributed by atoms with E-state index < -0.39 is 0 Å². The lowest BCUT2D eigenvalue weighted by atomic mass is 9.95. The number of carbonyl (C=O) groups excluding carboxylic acids is 1. The van der Waals surface area contributed by atoms with E-state index in [9.17, 15) is 4.79 Å². The van der Waals surface area contributed by atoms with Crippen LogP contribution in [0.3, 0.4) is 0 Å². The molecule has 0 bridgehead atoms. The number of likely N-dealkylation sites (tertiary alicyclic amines) is 1. The number of halogens is 2. The molecule has 1 aromatic carbocycles. The van der Waals surface area contributed by atoms with Crippen LogP contribution in [0, 0.1) is 5.92 Å². The van der Waals surface area contributed by atoms with Gasteiger partial charge in [-0.3, -0.25) is 4.79 Å². The lowest BCUT2D eigenvalue weighted by molar-refractivity contribution is 0.0924. The van der Waals surface area contributed by atoms with Gasteiger partial charge in [-0.05, 0) is 62.9 Å². The van der Waals surface area contributed by atoms with Crippen molar-refractivity contribution in [3.63, 3.8) is 0 Å². The van der Waals surface area contributed by atoms with Crippen LogP contribution in [0.4, 0.5) is 0 Å². The highest BCUT2D eigenvalue weighted by molar-refractivity contribution is 6.42. The van der Waals surface area contributed by atoms with Crippen molar-refractivity contribution in [1.29, 1.82) is 0 Å². The molecule has 1 saturated carbocycles. The van der Waals surface area contributed by atoms with Crippen LogP contribution in [0.15, 0.2) is 18.2 Å². The topological polar surface area (TPSA) is 32.3 Å². The maximum Gasteiger partial charge on any atom is 0.251 e. The van der Waals surface area contributed by atoms with Gasteiger partial charge in [0.25, 0.3) is 5.91 Å². The minimum absolute atomic E-state index is 0.0678. The average Bonchev–Trinajstić information content (AvgIpc) is 3.10. The molecule has 0 radical (unpaired) electrons. The van der Waals surface area contributed by atoms with Crippen molar-refractivity contribution in [2.24, 2.45) is 5.92 Å². The number of hydrogen-bond donors (Lipinski definition) is 1. The summed E-state index contributed by atoms with van der Waals surface area (Å²) in [7, 11) is 0. The zero-order valence-corrected chi connectivity index (χ0v) is 14.9. The van der Waals surface area contributed by atoms with E-state index in [2.05, 4.69) is 10.2 Å². The smallest absolute Gasteiger partial charge is 0.251 e. The van der Waals surface area contributed by atoms with Crippen molar-refractivity contribution >= 4 is 29.1 Å². The molecule has 1 aromatic rings. The molecule has 5 heteroatoms. The molecule has 2 aliphatic rings. The van der Waals surface area contributed by atoms with Crippen molar-refractivity contribution in [2.45, 2.75) is 44.6 Å². The minimum atomic E-state index is -0.0678. The van der Waals surface area contributed by atoms with Crippen molar-refractivity contribution in [2.75, 3.05) is 19.6 Å². The lowest BCUT2D eigenvalue weighted by Crippen LogP contribution is -2.42. The molecule has 1 amide bonds. The Bertz CT molecular complexity index is 550. The molecule has 0 spiro atoms. The van der Waals surface area contributed by atoms with Crippen molar-refractivity contribution in [3.8, 4) is 0 Å². The first-order chi connectivity index (χ1) is 11.1. The maximum absolute atomic E-state index is 12.2. The normalized spacial score (nSPS) is 20.8. The van der Waals surface area contributed by atoms with Gasteiger partial charge in [-0.25, -0.2) is 0 Å². The summed E-state index contributed by atoms with van der Waals surface area (Å²) in [4.78, 5) is 14.9. The van der Waals surface area contributed by atoms with Gasteiger partial charge in [0, 0.05) is 18.2 Å². The highest BCUT2D eigenvalue weighted by Gasteiger charge is 2.27. The Morgan fingerprint density at radius 2 is 1.78 bits per heavy atom. The molecule has 0 aromatic heterocycles. The SMILES string of the molecule is O=C(NCC1CCN(C2CCCC2)CC1)c1ccc(Cl)c(Cl)c1. The number of piperidine rings is 1. The number of carbonyl (C=O) groups is 1. The number of hydrogen-bond acceptors (Lipinski definition) is 2. The second-order valence-corrected chi connectivity index (χ2v) is 7.57. The predicted octanol–water partition coefficient (Wildman–Crippen LogP) is 4.38. The summed E-state index contributed by atoms with van der Waals surface area (Å²) >= 11 is 11.9. The Morgan fingerprint density at radius 1 is 1.09 bits per heavy atom. The molecule has 3 rings (SSSR count). The largest absolute Gasteiger partial charge is 0.352 e. The fourth-order valence-electron chi connectivity index (χ4n) is 3.77. The summed E-state index contributed by atoms with van der Waals surface area (Å²) in [6, 6.07) is 5.83. The number of nitrogens with one attached hydrogen (secondary N) is 1. The third kappa shape index (κ3) is 4.40. The molecular weight excluding hydrogens is 331 g/mol. The zero-order chi connectivity index (χ0) is 16.2. The van der Waals surface area contributed by atoms with E-state index >= 15 is 0 Å². The van der Waals surface area contributed by atoms with E-state index in [4.69, 9.17) is 23.2 Å². The van der Waals surface area contributed by atoms with Gasteiger partial charge in [-0.15, -0.1) is 0 Å². The second kappa shape index (κ2) is 7.87. The first kappa shape index (κ1) is 17.1. The minimum Gasteiger partial charge on any atom is -0.352 e. The van der Waals surface area contributed by atoms with E-state index in [0.717, 1.165) is 12.6 Å². The second-order valence-electron chi connectivity index (χ2n) is 6.76. The average molecular weight is 355 g/mol. The molecule has 1 N–H and O–H groups in total. The van der Waals surface area contributed by atoms with Crippen LogP contribution in [-0.2, 0) is 0 Å². The van der Waals surface area contributed by atoms with E-state index in [-0.39, 0.29) is 5.91 Å². The van der Waals surface area contributed by atoms with E-state index in [1.54, 1.807) is 18.2 Å². The Morgan fingerprint density at radius 3 is 2.43 bits per heavy atom. The Hall–Kier alpha value is -0.770. The summed E-state index contributed by atoms with van der Waals surface area (Å²) in [6.07, 6.45) is 7.89. The number of benzene rings is 1. The highest BCUT2D eigenvalue weighted by atomic mass is 35.5. The number of nitrogens with zero attached hydrogens (tertiary/aromatic N) is 1. The van der Waals surface area contributed by atoms with Gasteiger partial charge in [0.1, 0.15) is 0 Å². The van der Waals surface area contributed by atoms with Crippen molar-refractivity contribution < 1.29 is 4.79 Å². The van der Waals surface area contributed by atoms with Gasteiger partial charge in [0.2, 0.25) is 0 Å². The fourth-order valence-corrected chi connectivity index (χ4v) is 4.07. The molecule has 3 nitrogen and oxygen atoms in total. The first-order valence-electron chi connectivity index (χ1n) is 8.61. The van der Waals surface area contributed by atoms with Crippen molar-refractivity contribution in [3.05, 3.63) is 33.8 Å². The third-order valence-electron chi connectivity index (χ3n) is 5.22. The first-order valence-corrected chi connectivity index (χ1v) is 9.36. The zero-order valence-electron chi connectivity index (χ0n) is 13.4. The van der Waals surface area contributed by atoms with Gasteiger partial charge in [-0.2, -0.15) is 0 Å². The Kier molecular flexibility index (Phi) is 5.84. The molecular formula is C18H24Cl2N2O. The van der Waals surface area contributed by atoms with Gasteiger partial charge in [0.15, 0.2) is 0 Å². The molecule has 0 unspecified atom stereocenters. The molecule has 0 atom stereocenters. The number of rotatable bonds is 4. The van der Waals surface area contributed by atoms with E-state index in [1.165, 1.54) is 51.6 Å². The molecule has 1 aliphatic carbocycles. The summed E-state index contributed by atoms with van der Waals surface area (Å²) in [6.45, 7) is 3.10. The van der Waals surface area contributed by atoms with Crippen LogP contribution in [0.1, 0.15) is 48.9 Å². The number of amides is 1. The summed E-state index contributed by atoms with van der Waals surface area (Å²) in [5.41, 5.74) is 0.572. The molecule has 1 saturated heterocycles. The van der Waals surface area contributed by atoms with Crippen LogP contribution in [-0.4, -0.2) is 36.5 Å². The van der Waals surface area contributed by atoms with Gasteiger partial charge < -0.3 is 10.2 Å². The van der Waals surface area contributed by atoms with Crippen LogP contribution in [0.5, 0.6) is 0 Å². The monoisotopic (exact) mass is 354 g/mol. The van der Waals surface area contributed by atoms with E-state index in [1.807, 2.05) is 0 Å². The summed E-state index contributed by atoms with van der Waals surface area (Å²) < 4.78 is 0. The summed E-state index contributed by atoms with van der Waals surface area (Å²) in [5.74, 6) is 0.515. The standard InChI is InChI=1S/C18H24Cl2N2O/c19-16-6-5-14(11-17(16)20)18(23)21-12-13-7-9-22(10-8-13)15-3-1-2-4-15/h5-6,11,13,15H,1-4,7-10,12H2,(H,21,23). The van der Waals surface area contributed by atoms with Gasteiger partial charge in [-0.1, -0.05) is 36.0 Å². The molecule has 1 aliphatic heterocycles. The van der Waals surface area contributed by atoms with Crippen molar-refractivity contribution in [1.82, 2.24) is 10.2 Å². The predicted molar refractivity (Wildman–Crippen MR) is 95.3 cm³/mol. The van der Waals surface area contributed by atoms with Gasteiger partial charge in [0.05, 0.1) is 10.0 Å². The quantitative estimate of drug-likeness (QED) is 0.869. The van der Waals surface area contributed by atoms with Crippen LogP contribution in [0.25, 0.3) is 0 Å². The lowest BCUT2D eigenvalue weighted by Gasteiger charge is -2.36. The third-order valence-corrected chi connectivity index (χ3v) is 5.96. The van der Waals surface area contributed by atoms with E-state index in [0.29, 0.717) is 21.5 Å². The fraction of sp³-hybridized carbons (Fsp3) is 0.611. The molecule has 23 heavy (non-hydrogen) atoms. The molecule has 1 heterocycles. The summed E-state index contributed by atoms with van der Waals surface area (Å²) in [5, 5.41) is 3.94. The molecule has 2 fully saturated rings. The Balaban J connectivity index is 1.44. The highest BCUT2D eigenvalue weighted by Crippen LogP contribution is 2.27. The van der Waals surface area contributed by atoms with Gasteiger partial charge >= 0.3 is 0 Å². The molecule has 126 valence electrons.